The number of nitrogens with zero attached hydrogens (tertiary/aromatic N) is 2. The van der Waals surface area contributed by atoms with Crippen LogP contribution in [0.3, 0.4) is 0 Å². The van der Waals surface area contributed by atoms with E-state index in [1.807, 2.05) is 0 Å². The topological polar surface area (TPSA) is 116 Å². The van der Waals surface area contributed by atoms with Crippen molar-refractivity contribution in [3.8, 4) is 5.75 Å². The van der Waals surface area contributed by atoms with Crippen LogP contribution in [0.5, 0.6) is 5.75 Å². The van der Waals surface area contributed by atoms with E-state index in [9.17, 15) is 28.9 Å². The number of esters is 1. The lowest BCUT2D eigenvalue weighted by atomic mass is 10.1. The van der Waals surface area contributed by atoms with Crippen LogP contribution >= 0.6 is 11.8 Å². The summed E-state index contributed by atoms with van der Waals surface area (Å²) in [4.78, 5) is 47.3. The molecule has 1 heterocycles. The zero-order valence-electron chi connectivity index (χ0n) is 16.1. The number of methoxy groups -OCH3 is 1. The van der Waals surface area contributed by atoms with Crippen molar-refractivity contribution in [2.24, 2.45) is 0 Å². The molecule has 0 saturated carbocycles. The molecule has 0 bridgehead atoms. The molecule has 0 atom stereocenters. The summed E-state index contributed by atoms with van der Waals surface area (Å²) in [7, 11) is 1.13. The standard InChI is InChI=1S/C20H15FN2O7S/c1-29-18(24)10-22-19(25)17(31-20(22)26)9-13-8-15(23(27)28)6-7-16(13)30-11-12-2-4-14(21)5-3-12/h2-9H,10-11H2,1H3/b17-9-. The van der Waals surface area contributed by atoms with Gasteiger partial charge in [0.1, 0.15) is 24.7 Å². The Morgan fingerprint density at radius 1 is 1.23 bits per heavy atom. The van der Waals surface area contributed by atoms with Crippen molar-refractivity contribution in [1.29, 1.82) is 0 Å². The number of imide groups is 1. The second-order valence-corrected chi connectivity index (χ2v) is 7.23. The number of thioether (sulfide) groups is 1. The summed E-state index contributed by atoms with van der Waals surface area (Å²) in [5.41, 5.74) is 0.609. The fourth-order valence-electron chi connectivity index (χ4n) is 2.61. The van der Waals surface area contributed by atoms with Gasteiger partial charge in [0.25, 0.3) is 16.8 Å². The molecule has 0 aromatic heterocycles. The fourth-order valence-corrected chi connectivity index (χ4v) is 3.44. The third kappa shape index (κ3) is 5.25. The fraction of sp³-hybridized carbons (Fsp3) is 0.150. The van der Waals surface area contributed by atoms with Crippen LogP contribution in [0.1, 0.15) is 11.1 Å². The maximum Gasteiger partial charge on any atom is 0.325 e. The van der Waals surface area contributed by atoms with E-state index in [4.69, 9.17) is 4.74 Å². The van der Waals surface area contributed by atoms with Crippen molar-refractivity contribution in [3.63, 3.8) is 0 Å². The number of non-ortho nitro benzene ring substituents is 1. The van der Waals surface area contributed by atoms with E-state index in [0.29, 0.717) is 17.3 Å². The number of hydrogen-bond acceptors (Lipinski definition) is 8. The van der Waals surface area contributed by atoms with Crippen LogP contribution in [0, 0.1) is 15.9 Å². The van der Waals surface area contributed by atoms with E-state index in [1.54, 1.807) is 0 Å². The Kier molecular flexibility index (Phi) is 6.65. The van der Waals surface area contributed by atoms with Gasteiger partial charge < -0.3 is 9.47 Å². The minimum atomic E-state index is -0.762. The number of amides is 2. The predicted molar refractivity (Wildman–Crippen MR) is 109 cm³/mol. The van der Waals surface area contributed by atoms with Gasteiger partial charge in [-0.25, -0.2) is 4.39 Å². The molecule has 160 valence electrons. The number of hydrogen-bond donors (Lipinski definition) is 0. The van der Waals surface area contributed by atoms with Gasteiger partial charge in [-0.2, -0.15) is 0 Å². The molecule has 0 N–H and O–H groups in total. The van der Waals surface area contributed by atoms with Gasteiger partial charge in [-0.3, -0.25) is 29.4 Å². The zero-order chi connectivity index (χ0) is 22.5. The molecule has 1 fully saturated rings. The quantitative estimate of drug-likeness (QED) is 0.275. The molecule has 11 heteroatoms. The monoisotopic (exact) mass is 446 g/mol. The lowest BCUT2D eigenvalue weighted by molar-refractivity contribution is -0.384. The van der Waals surface area contributed by atoms with Crippen molar-refractivity contribution >= 4 is 40.6 Å². The van der Waals surface area contributed by atoms with E-state index >= 15 is 0 Å². The van der Waals surface area contributed by atoms with Crippen LogP contribution in [-0.4, -0.2) is 40.6 Å². The van der Waals surface area contributed by atoms with Gasteiger partial charge in [-0.15, -0.1) is 0 Å². The average Bonchev–Trinajstić information content (AvgIpc) is 3.01. The number of nitro benzene ring substituents is 1. The Morgan fingerprint density at radius 2 is 1.94 bits per heavy atom. The molecule has 0 radical (unpaired) electrons. The molecule has 1 aliphatic heterocycles. The third-order valence-corrected chi connectivity index (χ3v) is 5.09. The van der Waals surface area contributed by atoms with Crippen LogP contribution in [0.2, 0.25) is 0 Å². The molecular formula is C20H15FN2O7S. The molecule has 2 aromatic rings. The van der Waals surface area contributed by atoms with Gasteiger partial charge in [0.15, 0.2) is 0 Å². The Labute approximate surface area is 179 Å². The average molecular weight is 446 g/mol. The second-order valence-electron chi connectivity index (χ2n) is 6.24. The maximum absolute atomic E-state index is 13.1. The number of benzene rings is 2. The molecule has 3 rings (SSSR count). The first kappa shape index (κ1) is 22.0. The van der Waals surface area contributed by atoms with Gasteiger partial charge >= 0.3 is 5.97 Å². The van der Waals surface area contributed by atoms with E-state index in [-0.39, 0.29) is 28.5 Å². The highest BCUT2D eigenvalue weighted by Gasteiger charge is 2.36. The number of carbonyl (C=O) groups is 3. The normalized spacial score (nSPS) is 14.8. The van der Waals surface area contributed by atoms with Crippen molar-refractivity contribution in [2.75, 3.05) is 13.7 Å². The van der Waals surface area contributed by atoms with Gasteiger partial charge in [-0.1, -0.05) is 12.1 Å². The van der Waals surface area contributed by atoms with E-state index in [2.05, 4.69) is 4.74 Å². The van der Waals surface area contributed by atoms with Crippen molar-refractivity contribution in [3.05, 3.63) is 74.4 Å². The Bertz CT molecular complexity index is 1090. The Morgan fingerprint density at radius 3 is 2.58 bits per heavy atom. The second kappa shape index (κ2) is 9.39. The minimum absolute atomic E-state index is 0.0268. The third-order valence-electron chi connectivity index (χ3n) is 4.19. The largest absolute Gasteiger partial charge is 0.488 e. The van der Waals surface area contributed by atoms with E-state index in [1.165, 1.54) is 48.5 Å². The van der Waals surface area contributed by atoms with Crippen LogP contribution in [0.25, 0.3) is 6.08 Å². The number of ether oxygens (including phenoxy) is 2. The van der Waals surface area contributed by atoms with Crippen LogP contribution in [0.4, 0.5) is 14.9 Å². The number of nitro groups is 1. The molecule has 0 aliphatic carbocycles. The molecule has 0 spiro atoms. The predicted octanol–water partition coefficient (Wildman–Crippen LogP) is 3.52. The van der Waals surface area contributed by atoms with Crippen LogP contribution in [-0.2, 0) is 20.9 Å². The summed E-state index contributed by atoms with van der Waals surface area (Å²) < 4.78 is 23.2. The molecule has 31 heavy (non-hydrogen) atoms. The van der Waals surface area contributed by atoms with Crippen LogP contribution in [0.15, 0.2) is 47.4 Å². The summed E-state index contributed by atoms with van der Waals surface area (Å²) in [5.74, 6) is -1.67. The first-order chi connectivity index (χ1) is 14.8. The van der Waals surface area contributed by atoms with Crippen LogP contribution < -0.4 is 4.74 Å². The smallest absolute Gasteiger partial charge is 0.325 e. The van der Waals surface area contributed by atoms with Gasteiger partial charge in [0, 0.05) is 17.7 Å². The van der Waals surface area contributed by atoms with Crippen molar-refractivity contribution in [2.45, 2.75) is 6.61 Å². The van der Waals surface area contributed by atoms with Gasteiger partial charge in [0.05, 0.1) is 16.9 Å². The lowest BCUT2D eigenvalue weighted by Gasteiger charge is -2.11. The summed E-state index contributed by atoms with van der Waals surface area (Å²) >= 11 is 0.592. The molecule has 2 aromatic carbocycles. The summed E-state index contributed by atoms with van der Waals surface area (Å²) in [5, 5.41) is 10.5. The summed E-state index contributed by atoms with van der Waals surface area (Å²) in [6.07, 6.45) is 1.29. The first-order valence-corrected chi connectivity index (χ1v) is 9.58. The highest BCUT2D eigenvalue weighted by atomic mass is 32.2. The molecular weight excluding hydrogens is 431 g/mol. The zero-order valence-corrected chi connectivity index (χ0v) is 16.9. The Balaban J connectivity index is 1.89. The van der Waals surface area contributed by atoms with Crippen molar-refractivity contribution < 1.29 is 33.2 Å². The van der Waals surface area contributed by atoms with E-state index < -0.39 is 34.4 Å². The van der Waals surface area contributed by atoms with Crippen molar-refractivity contribution in [1.82, 2.24) is 4.90 Å². The summed E-state index contributed by atoms with van der Waals surface area (Å²) in [6, 6.07) is 9.40. The lowest BCUT2D eigenvalue weighted by Crippen LogP contribution is -2.34. The molecule has 2 amide bonds. The molecule has 0 unspecified atom stereocenters. The first-order valence-electron chi connectivity index (χ1n) is 8.76. The number of halogens is 1. The van der Waals surface area contributed by atoms with Gasteiger partial charge in [0.2, 0.25) is 0 Å². The molecule has 1 aliphatic rings. The number of rotatable bonds is 7. The highest BCUT2D eigenvalue weighted by molar-refractivity contribution is 8.18. The summed E-state index contributed by atoms with van der Waals surface area (Å²) in [6.45, 7) is -0.496. The molecule has 1 saturated heterocycles. The van der Waals surface area contributed by atoms with E-state index in [0.717, 1.165) is 12.0 Å². The minimum Gasteiger partial charge on any atom is -0.488 e. The molecule has 9 nitrogen and oxygen atoms in total. The maximum atomic E-state index is 13.1. The van der Waals surface area contributed by atoms with Gasteiger partial charge in [-0.05, 0) is 41.6 Å². The SMILES string of the molecule is COC(=O)CN1C(=O)S/C(=C\c2cc([N+](=O)[O-])ccc2OCc2ccc(F)cc2)C1=O. The highest BCUT2D eigenvalue weighted by Crippen LogP contribution is 2.35. The number of carbonyl (C=O) groups excluding carboxylic acids is 3. The Hall–Kier alpha value is -3.73.